The minimum atomic E-state index is -3.41. The van der Waals surface area contributed by atoms with E-state index < -0.39 is 16.1 Å². The topological polar surface area (TPSA) is 92.9 Å². The van der Waals surface area contributed by atoms with Crippen molar-refractivity contribution in [2.75, 3.05) is 39.0 Å². The van der Waals surface area contributed by atoms with Gasteiger partial charge in [0.15, 0.2) is 0 Å². The van der Waals surface area contributed by atoms with Gasteiger partial charge in [-0.1, -0.05) is 12.1 Å². The van der Waals surface area contributed by atoms with Gasteiger partial charge in [-0.05, 0) is 17.7 Å². The quantitative estimate of drug-likeness (QED) is 0.819. The second-order valence-corrected chi connectivity index (χ2v) is 6.83. The van der Waals surface area contributed by atoms with E-state index in [-0.39, 0.29) is 18.8 Å². The van der Waals surface area contributed by atoms with Crippen molar-refractivity contribution < 1.29 is 17.9 Å². The first-order chi connectivity index (χ1) is 9.92. The molecule has 1 heterocycles. The molecule has 0 atom stereocenters. The molecule has 1 saturated heterocycles. The van der Waals surface area contributed by atoms with Crippen molar-refractivity contribution in [3.63, 3.8) is 0 Å². The third-order valence-corrected chi connectivity index (χ3v) is 5.22. The Morgan fingerprint density at radius 3 is 2.52 bits per heavy atom. The number of methoxy groups -OCH3 is 1. The van der Waals surface area contributed by atoms with Crippen LogP contribution in [0.5, 0.6) is 0 Å². The number of amides is 1. The van der Waals surface area contributed by atoms with Gasteiger partial charge in [0.1, 0.15) is 0 Å². The number of hydrogen-bond acceptors (Lipinski definition) is 5. The van der Waals surface area contributed by atoms with Crippen molar-refractivity contribution in [2.45, 2.75) is 5.75 Å². The van der Waals surface area contributed by atoms with Crippen molar-refractivity contribution in [1.82, 2.24) is 9.21 Å². The SMILES string of the molecule is COC(=O)N1CCN(S(=O)(=O)Cc2cccc(N)c2)CC1. The van der Waals surface area contributed by atoms with E-state index in [1.807, 2.05) is 0 Å². The monoisotopic (exact) mass is 313 g/mol. The van der Waals surface area contributed by atoms with Gasteiger partial charge in [-0.2, -0.15) is 4.31 Å². The standard InChI is InChI=1S/C13H19N3O4S/c1-20-13(17)15-5-7-16(8-6-15)21(18,19)10-11-3-2-4-12(14)9-11/h2-4,9H,5-8,10,14H2,1H3. The van der Waals surface area contributed by atoms with E-state index in [0.29, 0.717) is 24.3 Å². The zero-order valence-corrected chi connectivity index (χ0v) is 12.7. The van der Waals surface area contributed by atoms with E-state index in [4.69, 9.17) is 5.73 Å². The Hall–Kier alpha value is -1.80. The van der Waals surface area contributed by atoms with Gasteiger partial charge in [0.2, 0.25) is 10.0 Å². The van der Waals surface area contributed by atoms with Crippen LogP contribution in [0.3, 0.4) is 0 Å². The largest absolute Gasteiger partial charge is 0.453 e. The van der Waals surface area contributed by atoms with Crippen molar-refractivity contribution in [3.05, 3.63) is 29.8 Å². The van der Waals surface area contributed by atoms with Crippen molar-refractivity contribution in [3.8, 4) is 0 Å². The molecule has 0 unspecified atom stereocenters. The fourth-order valence-corrected chi connectivity index (χ4v) is 3.77. The van der Waals surface area contributed by atoms with E-state index in [1.165, 1.54) is 16.3 Å². The van der Waals surface area contributed by atoms with E-state index in [0.717, 1.165) is 0 Å². The zero-order valence-electron chi connectivity index (χ0n) is 11.9. The summed E-state index contributed by atoms with van der Waals surface area (Å²) in [6, 6.07) is 6.83. The van der Waals surface area contributed by atoms with Gasteiger partial charge in [0, 0.05) is 31.9 Å². The Balaban J connectivity index is 2.00. The summed E-state index contributed by atoms with van der Waals surface area (Å²) in [6.07, 6.45) is -0.428. The highest BCUT2D eigenvalue weighted by Crippen LogP contribution is 2.15. The maximum atomic E-state index is 12.4. The van der Waals surface area contributed by atoms with Crippen LogP contribution in [0.4, 0.5) is 10.5 Å². The molecule has 7 nitrogen and oxygen atoms in total. The summed E-state index contributed by atoms with van der Waals surface area (Å²) in [6.45, 7) is 1.23. The van der Waals surface area contributed by atoms with Crippen molar-refractivity contribution in [2.24, 2.45) is 0 Å². The van der Waals surface area contributed by atoms with Gasteiger partial charge in [-0.15, -0.1) is 0 Å². The number of nitrogens with two attached hydrogens (primary N) is 1. The van der Waals surface area contributed by atoms with Gasteiger partial charge in [0.05, 0.1) is 12.9 Å². The molecule has 8 heteroatoms. The third-order valence-electron chi connectivity index (χ3n) is 3.36. The van der Waals surface area contributed by atoms with Crippen LogP contribution >= 0.6 is 0 Å². The maximum absolute atomic E-state index is 12.4. The average Bonchev–Trinajstić information content (AvgIpc) is 2.46. The summed E-state index contributed by atoms with van der Waals surface area (Å²) in [5.74, 6) is -0.0870. The Morgan fingerprint density at radius 2 is 1.95 bits per heavy atom. The lowest BCUT2D eigenvalue weighted by molar-refractivity contribution is 0.108. The molecule has 1 aliphatic rings. The average molecular weight is 313 g/mol. The summed E-state index contributed by atoms with van der Waals surface area (Å²) in [5.41, 5.74) is 6.85. The number of sulfonamides is 1. The highest BCUT2D eigenvalue weighted by Gasteiger charge is 2.29. The number of nitrogen functional groups attached to an aromatic ring is 1. The lowest BCUT2D eigenvalue weighted by atomic mass is 10.2. The number of nitrogens with zero attached hydrogens (tertiary/aromatic N) is 2. The van der Waals surface area contributed by atoms with E-state index in [1.54, 1.807) is 24.3 Å². The first kappa shape index (κ1) is 15.6. The number of piperazine rings is 1. The second-order valence-electron chi connectivity index (χ2n) is 4.86. The van der Waals surface area contributed by atoms with Crippen LogP contribution in [0.1, 0.15) is 5.56 Å². The Kier molecular flexibility index (Phi) is 4.69. The first-order valence-electron chi connectivity index (χ1n) is 6.57. The van der Waals surface area contributed by atoms with Crippen LogP contribution in [0.2, 0.25) is 0 Å². The molecule has 116 valence electrons. The normalized spacial score (nSPS) is 16.7. The van der Waals surface area contributed by atoms with Crippen LogP contribution in [-0.4, -0.2) is 57.0 Å². The fraction of sp³-hybridized carbons (Fsp3) is 0.462. The van der Waals surface area contributed by atoms with Crippen molar-refractivity contribution >= 4 is 21.8 Å². The number of rotatable bonds is 3. The lowest BCUT2D eigenvalue weighted by Crippen LogP contribution is -2.50. The molecule has 1 aliphatic heterocycles. The minimum absolute atomic E-state index is 0.0870. The van der Waals surface area contributed by atoms with Gasteiger partial charge in [0.25, 0.3) is 0 Å². The Labute approximate surface area is 124 Å². The second kappa shape index (κ2) is 6.31. The number of carbonyl (C=O) groups is 1. The molecule has 2 rings (SSSR count). The van der Waals surface area contributed by atoms with Crippen LogP contribution in [0.15, 0.2) is 24.3 Å². The molecular weight excluding hydrogens is 294 g/mol. The highest BCUT2D eigenvalue weighted by molar-refractivity contribution is 7.88. The van der Waals surface area contributed by atoms with Gasteiger partial charge >= 0.3 is 6.09 Å². The fourth-order valence-electron chi connectivity index (χ4n) is 2.26. The first-order valence-corrected chi connectivity index (χ1v) is 8.18. The minimum Gasteiger partial charge on any atom is -0.453 e. The third kappa shape index (κ3) is 3.85. The molecule has 1 fully saturated rings. The zero-order chi connectivity index (χ0) is 15.5. The molecule has 2 N–H and O–H groups in total. The van der Waals surface area contributed by atoms with E-state index >= 15 is 0 Å². The molecule has 0 spiro atoms. The van der Waals surface area contributed by atoms with Crippen LogP contribution in [0, 0.1) is 0 Å². The van der Waals surface area contributed by atoms with Crippen LogP contribution in [-0.2, 0) is 20.5 Å². The lowest BCUT2D eigenvalue weighted by Gasteiger charge is -2.33. The number of ether oxygens (including phenoxy) is 1. The predicted molar refractivity (Wildman–Crippen MR) is 79.0 cm³/mol. The molecule has 1 aromatic rings. The van der Waals surface area contributed by atoms with Crippen molar-refractivity contribution in [1.29, 1.82) is 0 Å². The van der Waals surface area contributed by atoms with E-state index in [2.05, 4.69) is 4.74 Å². The molecule has 0 radical (unpaired) electrons. The highest BCUT2D eigenvalue weighted by atomic mass is 32.2. The number of carbonyl (C=O) groups excluding carboxylic acids is 1. The van der Waals surface area contributed by atoms with E-state index in [9.17, 15) is 13.2 Å². The molecule has 1 aromatic carbocycles. The summed E-state index contributed by atoms with van der Waals surface area (Å²) in [4.78, 5) is 12.9. The summed E-state index contributed by atoms with van der Waals surface area (Å²) in [7, 11) is -2.10. The molecule has 1 amide bonds. The summed E-state index contributed by atoms with van der Waals surface area (Å²) in [5, 5.41) is 0. The molecule has 21 heavy (non-hydrogen) atoms. The predicted octanol–water partition coefficient (Wildman–Crippen LogP) is 0.483. The van der Waals surface area contributed by atoms with Crippen LogP contribution < -0.4 is 5.73 Å². The Bertz CT molecular complexity index is 610. The van der Waals surface area contributed by atoms with Gasteiger partial charge in [-0.3, -0.25) is 0 Å². The molecule has 0 aromatic heterocycles. The Morgan fingerprint density at radius 1 is 1.29 bits per heavy atom. The van der Waals surface area contributed by atoms with Crippen LogP contribution in [0.25, 0.3) is 0 Å². The molecule has 0 saturated carbocycles. The molecular formula is C13H19N3O4S. The van der Waals surface area contributed by atoms with Gasteiger partial charge < -0.3 is 15.4 Å². The van der Waals surface area contributed by atoms with Gasteiger partial charge in [-0.25, -0.2) is 13.2 Å². The number of benzene rings is 1. The number of hydrogen-bond donors (Lipinski definition) is 1. The molecule has 0 bridgehead atoms. The maximum Gasteiger partial charge on any atom is 0.409 e. The summed E-state index contributed by atoms with van der Waals surface area (Å²) < 4.78 is 30.7. The number of anilines is 1. The summed E-state index contributed by atoms with van der Waals surface area (Å²) >= 11 is 0. The smallest absolute Gasteiger partial charge is 0.409 e. The molecule has 0 aliphatic carbocycles.